The number of hydrogen-bond donors (Lipinski definition) is 2. The van der Waals surface area contributed by atoms with Crippen LogP contribution in [0.1, 0.15) is 39.5 Å². The van der Waals surface area contributed by atoms with Crippen molar-refractivity contribution in [3.63, 3.8) is 0 Å². The van der Waals surface area contributed by atoms with E-state index in [0.29, 0.717) is 12.0 Å². The van der Waals surface area contributed by atoms with Gasteiger partial charge >= 0.3 is 0 Å². The Balaban J connectivity index is 1.44. The molecule has 26 heavy (non-hydrogen) atoms. The fourth-order valence-electron chi connectivity index (χ4n) is 4.16. The summed E-state index contributed by atoms with van der Waals surface area (Å²) in [5.41, 5.74) is 2.47. The molecule has 1 saturated carbocycles. The Kier molecular flexibility index (Phi) is 7.09. The van der Waals surface area contributed by atoms with Crippen LogP contribution in [-0.4, -0.2) is 48.7 Å². The molecule has 2 fully saturated rings. The predicted molar refractivity (Wildman–Crippen MR) is 110 cm³/mol. The lowest BCUT2D eigenvalue weighted by Gasteiger charge is -2.37. The van der Waals surface area contributed by atoms with Crippen molar-refractivity contribution in [2.45, 2.75) is 57.8 Å². The van der Waals surface area contributed by atoms with Crippen LogP contribution in [-0.2, 0) is 16.1 Å². The lowest BCUT2D eigenvalue weighted by molar-refractivity contribution is -0.00521. The quantitative estimate of drug-likeness (QED) is 0.744. The van der Waals surface area contributed by atoms with Crippen molar-refractivity contribution in [3.8, 4) is 0 Å². The third kappa shape index (κ3) is 5.78. The Morgan fingerprint density at radius 2 is 1.69 bits per heavy atom. The second-order valence-corrected chi connectivity index (χ2v) is 9.02. The van der Waals surface area contributed by atoms with E-state index < -0.39 is 11.4 Å². The fraction of sp³-hybridized carbons (Fsp3) is 0.700. The van der Waals surface area contributed by atoms with Crippen LogP contribution >= 0.6 is 0 Å². The van der Waals surface area contributed by atoms with E-state index in [2.05, 4.69) is 53.1 Å². The second-order valence-electron chi connectivity index (χ2n) is 7.88. The average molecular weight is 380 g/mol. The van der Waals surface area contributed by atoms with Crippen LogP contribution in [0.5, 0.6) is 0 Å². The first kappa shape index (κ1) is 19.8. The second kappa shape index (κ2) is 9.31. The first-order valence-electron chi connectivity index (χ1n) is 9.83. The molecular formula is C20H33N3O2S. The Bertz CT molecular complexity index is 536. The fourth-order valence-corrected chi connectivity index (χ4v) is 4.87. The molecule has 146 valence electrons. The van der Waals surface area contributed by atoms with E-state index in [1.807, 2.05) is 0 Å². The van der Waals surface area contributed by atoms with E-state index in [1.54, 1.807) is 6.26 Å². The van der Waals surface area contributed by atoms with Crippen LogP contribution < -0.4 is 14.9 Å². The summed E-state index contributed by atoms with van der Waals surface area (Å²) in [6.07, 6.45) is 6.93. The van der Waals surface area contributed by atoms with E-state index in [1.165, 1.54) is 24.2 Å². The Hall–Kier alpha value is -0.950. The van der Waals surface area contributed by atoms with Gasteiger partial charge in [0.25, 0.3) is 0 Å². The summed E-state index contributed by atoms with van der Waals surface area (Å²) in [5, 5.41) is 3.59. The third-order valence-electron chi connectivity index (χ3n) is 5.43. The van der Waals surface area contributed by atoms with Crippen LogP contribution in [0.15, 0.2) is 24.3 Å². The Morgan fingerprint density at radius 3 is 2.27 bits per heavy atom. The van der Waals surface area contributed by atoms with Gasteiger partial charge in [-0.05, 0) is 69.7 Å². The van der Waals surface area contributed by atoms with E-state index in [9.17, 15) is 4.55 Å². The zero-order valence-electron chi connectivity index (χ0n) is 16.2. The molecular weight excluding hydrogens is 346 g/mol. The number of ether oxygens (including phenoxy) is 1. The Labute approximate surface area is 161 Å². The monoisotopic (exact) mass is 379 g/mol. The highest BCUT2D eigenvalue weighted by Crippen LogP contribution is 2.26. The van der Waals surface area contributed by atoms with Gasteiger partial charge in [-0.3, -0.25) is 0 Å². The number of nitrogens with one attached hydrogen (secondary N) is 2. The summed E-state index contributed by atoms with van der Waals surface area (Å²) in [6, 6.07) is 9.23. The van der Waals surface area contributed by atoms with Crippen LogP contribution in [0.3, 0.4) is 0 Å². The van der Waals surface area contributed by atoms with Crippen molar-refractivity contribution >= 4 is 22.7 Å². The highest BCUT2D eigenvalue weighted by Gasteiger charge is 2.24. The normalized spacial score (nSPS) is 30.8. The Morgan fingerprint density at radius 1 is 1.08 bits per heavy atom. The summed E-state index contributed by atoms with van der Waals surface area (Å²) >= 11 is -0.895. The third-order valence-corrected chi connectivity index (χ3v) is 6.09. The standard InChI is InChI=1S/C20H33N3O2S/c1-15-13-23(14-16(2)25-15)20-10-8-18(9-11-20)21-12-17-4-6-19(7-5-17)22-26(3)24/h8-11,15-17,19,21-22H,4-7,12-14H2,1-3H3/t15-,16+,17-,19-,26?. The van der Waals surface area contributed by atoms with Gasteiger partial charge in [-0.2, -0.15) is 0 Å². The molecule has 0 amide bonds. The van der Waals surface area contributed by atoms with Crippen molar-refractivity contribution < 1.29 is 9.29 Å². The van der Waals surface area contributed by atoms with E-state index in [0.717, 1.165) is 32.5 Å². The molecule has 0 aromatic heterocycles. The summed E-state index contributed by atoms with van der Waals surface area (Å²) < 4.78 is 20.2. The van der Waals surface area contributed by atoms with E-state index >= 15 is 0 Å². The molecule has 0 spiro atoms. The minimum atomic E-state index is -0.895. The topological polar surface area (TPSA) is 59.6 Å². The van der Waals surface area contributed by atoms with Gasteiger partial charge in [-0.1, -0.05) is 0 Å². The first-order valence-corrected chi connectivity index (χ1v) is 11.4. The molecule has 6 heteroatoms. The van der Waals surface area contributed by atoms with Crippen molar-refractivity contribution in [2.24, 2.45) is 5.92 Å². The molecule has 1 aliphatic carbocycles. The molecule has 1 heterocycles. The maximum atomic E-state index is 11.3. The molecule has 1 saturated heterocycles. The predicted octanol–water partition coefficient (Wildman–Crippen LogP) is 3.15. The maximum absolute atomic E-state index is 11.3. The minimum Gasteiger partial charge on any atom is -0.598 e. The van der Waals surface area contributed by atoms with Crippen molar-refractivity contribution in [1.29, 1.82) is 0 Å². The van der Waals surface area contributed by atoms with Gasteiger partial charge in [0, 0.05) is 42.4 Å². The van der Waals surface area contributed by atoms with Crippen molar-refractivity contribution in [3.05, 3.63) is 24.3 Å². The summed E-state index contributed by atoms with van der Waals surface area (Å²) in [7, 11) is 0. The molecule has 0 bridgehead atoms. The van der Waals surface area contributed by atoms with Crippen LogP contribution in [0.4, 0.5) is 11.4 Å². The molecule has 3 rings (SSSR count). The van der Waals surface area contributed by atoms with Gasteiger partial charge < -0.3 is 19.5 Å². The van der Waals surface area contributed by atoms with Crippen LogP contribution in [0.25, 0.3) is 0 Å². The van der Waals surface area contributed by atoms with Gasteiger partial charge in [0.15, 0.2) is 0 Å². The van der Waals surface area contributed by atoms with Crippen LogP contribution in [0.2, 0.25) is 0 Å². The first-order chi connectivity index (χ1) is 12.5. The number of morpholine rings is 1. The molecule has 1 unspecified atom stereocenters. The summed E-state index contributed by atoms with van der Waals surface area (Å²) in [5.74, 6) is 0.707. The number of anilines is 2. The highest BCUT2D eigenvalue weighted by atomic mass is 32.2. The molecule has 1 aromatic carbocycles. The highest BCUT2D eigenvalue weighted by molar-refractivity contribution is 7.88. The summed E-state index contributed by atoms with van der Waals surface area (Å²) in [6.45, 7) is 7.21. The number of hydrogen-bond acceptors (Lipinski definition) is 5. The molecule has 2 N–H and O–H groups in total. The number of benzene rings is 1. The molecule has 1 aromatic rings. The van der Waals surface area contributed by atoms with E-state index in [4.69, 9.17) is 4.74 Å². The lowest BCUT2D eigenvalue weighted by atomic mass is 9.86. The van der Waals surface area contributed by atoms with E-state index in [-0.39, 0.29) is 12.2 Å². The lowest BCUT2D eigenvalue weighted by Crippen LogP contribution is -2.45. The van der Waals surface area contributed by atoms with Crippen LogP contribution in [0, 0.1) is 5.92 Å². The zero-order chi connectivity index (χ0) is 18.5. The number of rotatable bonds is 6. The molecule has 0 radical (unpaired) electrons. The molecule has 5 nitrogen and oxygen atoms in total. The van der Waals surface area contributed by atoms with Gasteiger partial charge in [-0.15, -0.1) is 4.72 Å². The van der Waals surface area contributed by atoms with Gasteiger partial charge in [0.2, 0.25) is 0 Å². The van der Waals surface area contributed by atoms with Gasteiger partial charge in [0.1, 0.15) is 6.26 Å². The summed E-state index contributed by atoms with van der Waals surface area (Å²) in [4.78, 5) is 2.41. The maximum Gasteiger partial charge on any atom is 0.115 e. The minimum absolute atomic E-state index is 0.284. The number of nitrogens with zero attached hydrogens (tertiary/aromatic N) is 1. The van der Waals surface area contributed by atoms with Crippen molar-refractivity contribution in [1.82, 2.24) is 4.72 Å². The largest absolute Gasteiger partial charge is 0.598 e. The van der Waals surface area contributed by atoms with Gasteiger partial charge in [0.05, 0.1) is 18.2 Å². The molecule has 2 aliphatic rings. The average Bonchev–Trinajstić information content (AvgIpc) is 2.60. The smallest absolute Gasteiger partial charge is 0.115 e. The van der Waals surface area contributed by atoms with Crippen molar-refractivity contribution in [2.75, 3.05) is 36.1 Å². The molecule has 1 aliphatic heterocycles. The molecule has 3 atom stereocenters. The SMILES string of the molecule is C[C@@H]1CN(c2ccc(NC[C@H]3CC[C@H](N[S+](C)[O-])CC3)cc2)C[C@H](C)O1. The van der Waals surface area contributed by atoms with Gasteiger partial charge in [-0.25, -0.2) is 0 Å². The zero-order valence-corrected chi connectivity index (χ0v) is 17.1.